The molecule has 0 saturated carbocycles. The molecule has 0 aliphatic carbocycles. The lowest BCUT2D eigenvalue weighted by Gasteiger charge is -2.20. The number of pyridine rings is 1. The van der Waals surface area contributed by atoms with Crippen molar-refractivity contribution in [1.29, 1.82) is 0 Å². The number of carbonyl (C=O) groups is 1. The maximum Gasteiger partial charge on any atom is 0.213 e. The topological polar surface area (TPSA) is 48.4 Å². The molecule has 16 heavy (non-hydrogen) atoms. The maximum absolute atomic E-state index is 12.1. The van der Waals surface area contributed by atoms with Gasteiger partial charge in [-0.2, -0.15) is 0 Å². The Labute approximate surface area is 94.6 Å². The van der Waals surface area contributed by atoms with Crippen LogP contribution in [0.3, 0.4) is 0 Å². The standard InChI is InChI=1S/C12H15NO3/c1-15-11-8-10(2-5-13-11)12(14)9-3-6-16-7-4-9/h2,5,8-9H,3-4,6-7H2,1H3. The van der Waals surface area contributed by atoms with Crippen molar-refractivity contribution in [2.24, 2.45) is 5.92 Å². The van der Waals surface area contributed by atoms with E-state index >= 15 is 0 Å². The first-order chi connectivity index (χ1) is 7.81. The summed E-state index contributed by atoms with van der Waals surface area (Å²) in [5.41, 5.74) is 0.679. The highest BCUT2D eigenvalue weighted by molar-refractivity contribution is 5.98. The molecule has 0 spiro atoms. The number of ketones is 1. The van der Waals surface area contributed by atoms with Gasteiger partial charge in [-0.3, -0.25) is 4.79 Å². The number of hydrogen-bond donors (Lipinski definition) is 0. The van der Waals surface area contributed by atoms with E-state index in [1.807, 2.05) is 0 Å². The molecule has 1 saturated heterocycles. The fourth-order valence-corrected chi connectivity index (χ4v) is 1.87. The smallest absolute Gasteiger partial charge is 0.213 e. The van der Waals surface area contributed by atoms with E-state index in [4.69, 9.17) is 9.47 Å². The highest BCUT2D eigenvalue weighted by Crippen LogP contribution is 2.21. The molecule has 0 unspecified atom stereocenters. The number of ether oxygens (including phenoxy) is 2. The summed E-state index contributed by atoms with van der Waals surface area (Å²) < 4.78 is 10.2. The fraction of sp³-hybridized carbons (Fsp3) is 0.500. The minimum absolute atomic E-state index is 0.0841. The molecular weight excluding hydrogens is 206 g/mol. The van der Waals surface area contributed by atoms with Crippen molar-refractivity contribution in [2.75, 3.05) is 20.3 Å². The first-order valence-corrected chi connectivity index (χ1v) is 5.43. The molecule has 86 valence electrons. The fourth-order valence-electron chi connectivity index (χ4n) is 1.87. The molecule has 1 aliphatic rings. The van der Waals surface area contributed by atoms with Crippen LogP contribution in [0.4, 0.5) is 0 Å². The van der Waals surface area contributed by atoms with Crippen LogP contribution in [0.15, 0.2) is 18.3 Å². The van der Waals surface area contributed by atoms with Gasteiger partial charge in [0.2, 0.25) is 5.88 Å². The van der Waals surface area contributed by atoms with Gasteiger partial charge in [-0.1, -0.05) is 0 Å². The quantitative estimate of drug-likeness (QED) is 0.729. The van der Waals surface area contributed by atoms with E-state index in [9.17, 15) is 4.79 Å². The molecule has 0 N–H and O–H groups in total. The number of rotatable bonds is 3. The Morgan fingerprint density at radius 3 is 2.94 bits per heavy atom. The Hall–Kier alpha value is -1.42. The molecule has 1 fully saturated rings. The lowest BCUT2D eigenvalue weighted by atomic mass is 9.91. The average Bonchev–Trinajstić information content (AvgIpc) is 2.39. The van der Waals surface area contributed by atoms with Gasteiger partial charge in [0, 0.05) is 37.0 Å². The van der Waals surface area contributed by atoms with Crippen molar-refractivity contribution >= 4 is 5.78 Å². The molecule has 0 amide bonds. The van der Waals surface area contributed by atoms with Crippen LogP contribution < -0.4 is 4.74 Å². The number of methoxy groups -OCH3 is 1. The molecule has 4 nitrogen and oxygen atoms in total. The van der Waals surface area contributed by atoms with Gasteiger partial charge in [-0.25, -0.2) is 4.98 Å². The van der Waals surface area contributed by atoms with Crippen LogP contribution in [0, 0.1) is 5.92 Å². The van der Waals surface area contributed by atoms with E-state index in [2.05, 4.69) is 4.98 Å². The molecule has 4 heteroatoms. The largest absolute Gasteiger partial charge is 0.481 e. The Morgan fingerprint density at radius 2 is 2.25 bits per heavy atom. The molecule has 2 heterocycles. The van der Waals surface area contributed by atoms with Crippen LogP contribution in [0.2, 0.25) is 0 Å². The van der Waals surface area contributed by atoms with Crippen molar-refractivity contribution in [3.05, 3.63) is 23.9 Å². The maximum atomic E-state index is 12.1. The van der Waals surface area contributed by atoms with Crippen LogP contribution in [-0.2, 0) is 4.74 Å². The summed E-state index contributed by atoms with van der Waals surface area (Å²) in [7, 11) is 1.55. The van der Waals surface area contributed by atoms with E-state index < -0.39 is 0 Å². The van der Waals surface area contributed by atoms with E-state index in [0.29, 0.717) is 24.7 Å². The summed E-state index contributed by atoms with van der Waals surface area (Å²) >= 11 is 0. The number of hydrogen-bond acceptors (Lipinski definition) is 4. The summed E-state index contributed by atoms with van der Waals surface area (Å²) in [5, 5.41) is 0. The van der Waals surface area contributed by atoms with Gasteiger partial charge in [-0.15, -0.1) is 0 Å². The van der Waals surface area contributed by atoms with E-state index in [1.54, 1.807) is 25.4 Å². The monoisotopic (exact) mass is 221 g/mol. The van der Waals surface area contributed by atoms with Crippen molar-refractivity contribution < 1.29 is 14.3 Å². The van der Waals surface area contributed by atoms with Crippen LogP contribution in [0.5, 0.6) is 5.88 Å². The molecule has 0 radical (unpaired) electrons. The van der Waals surface area contributed by atoms with Crippen LogP contribution in [0.25, 0.3) is 0 Å². The van der Waals surface area contributed by atoms with Gasteiger partial charge < -0.3 is 9.47 Å². The lowest BCUT2D eigenvalue weighted by molar-refractivity contribution is 0.0544. The Bertz CT molecular complexity index is 372. The predicted octanol–water partition coefficient (Wildman–Crippen LogP) is 1.70. The Balaban J connectivity index is 2.12. The van der Waals surface area contributed by atoms with Gasteiger partial charge in [0.1, 0.15) is 0 Å². The molecule has 0 bridgehead atoms. The molecule has 1 aromatic rings. The van der Waals surface area contributed by atoms with Crippen molar-refractivity contribution in [3.8, 4) is 5.88 Å². The van der Waals surface area contributed by atoms with Crippen LogP contribution in [-0.4, -0.2) is 31.1 Å². The van der Waals surface area contributed by atoms with Crippen LogP contribution in [0.1, 0.15) is 23.2 Å². The third-order valence-electron chi connectivity index (χ3n) is 2.82. The van der Waals surface area contributed by atoms with Crippen LogP contribution >= 0.6 is 0 Å². The van der Waals surface area contributed by atoms with E-state index in [0.717, 1.165) is 12.8 Å². The number of Topliss-reactive ketones (excluding diaryl/α,β-unsaturated/α-hetero) is 1. The van der Waals surface area contributed by atoms with Crippen molar-refractivity contribution in [2.45, 2.75) is 12.8 Å². The van der Waals surface area contributed by atoms with Gasteiger partial charge in [0.05, 0.1) is 7.11 Å². The van der Waals surface area contributed by atoms with Gasteiger partial charge >= 0.3 is 0 Å². The van der Waals surface area contributed by atoms with Gasteiger partial charge in [0.15, 0.2) is 5.78 Å². The minimum Gasteiger partial charge on any atom is -0.481 e. The number of carbonyl (C=O) groups excluding carboxylic acids is 1. The minimum atomic E-state index is 0.0841. The summed E-state index contributed by atoms with van der Waals surface area (Å²) in [6.07, 6.45) is 3.22. The van der Waals surface area contributed by atoms with Crippen molar-refractivity contribution in [3.63, 3.8) is 0 Å². The van der Waals surface area contributed by atoms with E-state index in [-0.39, 0.29) is 11.7 Å². The zero-order valence-electron chi connectivity index (χ0n) is 9.31. The van der Waals surface area contributed by atoms with E-state index in [1.165, 1.54) is 0 Å². The second-order valence-electron chi connectivity index (χ2n) is 3.84. The highest BCUT2D eigenvalue weighted by atomic mass is 16.5. The van der Waals surface area contributed by atoms with Gasteiger partial charge in [0.25, 0.3) is 0 Å². The summed E-state index contributed by atoms with van der Waals surface area (Å²) in [4.78, 5) is 16.1. The predicted molar refractivity (Wildman–Crippen MR) is 58.7 cm³/mol. The zero-order chi connectivity index (χ0) is 11.4. The number of nitrogens with zero attached hydrogens (tertiary/aromatic N) is 1. The SMILES string of the molecule is COc1cc(C(=O)C2CCOCC2)ccn1. The first kappa shape index (κ1) is 11.1. The molecular formula is C12H15NO3. The Kier molecular flexibility index (Phi) is 3.51. The average molecular weight is 221 g/mol. The molecule has 0 aromatic carbocycles. The lowest BCUT2D eigenvalue weighted by Crippen LogP contribution is -2.23. The third kappa shape index (κ3) is 2.39. The molecule has 1 aromatic heterocycles. The molecule has 0 atom stereocenters. The zero-order valence-corrected chi connectivity index (χ0v) is 9.31. The van der Waals surface area contributed by atoms with Crippen molar-refractivity contribution in [1.82, 2.24) is 4.98 Å². The molecule has 1 aliphatic heterocycles. The second-order valence-corrected chi connectivity index (χ2v) is 3.84. The highest BCUT2D eigenvalue weighted by Gasteiger charge is 2.23. The first-order valence-electron chi connectivity index (χ1n) is 5.43. The Morgan fingerprint density at radius 1 is 1.50 bits per heavy atom. The summed E-state index contributed by atoms with van der Waals surface area (Å²) in [6, 6.07) is 3.43. The normalized spacial score (nSPS) is 17.1. The molecule has 2 rings (SSSR count). The van der Waals surface area contributed by atoms with Gasteiger partial charge in [-0.05, 0) is 18.9 Å². The number of aromatic nitrogens is 1. The summed E-state index contributed by atoms with van der Waals surface area (Å²) in [5.74, 6) is 0.739. The third-order valence-corrected chi connectivity index (χ3v) is 2.82. The second kappa shape index (κ2) is 5.07. The summed E-state index contributed by atoms with van der Waals surface area (Å²) in [6.45, 7) is 1.36.